The fourth-order valence-electron chi connectivity index (χ4n) is 5.18. The van der Waals surface area contributed by atoms with Gasteiger partial charge in [0.25, 0.3) is 0 Å². The van der Waals surface area contributed by atoms with Crippen molar-refractivity contribution >= 4 is 16.6 Å². The average Bonchev–Trinajstić information content (AvgIpc) is 2.76. The van der Waals surface area contributed by atoms with Crippen LogP contribution >= 0.6 is 0 Å². The van der Waals surface area contributed by atoms with E-state index in [1.54, 1.807) is 13.3 Å². The van der Waals surface area contributed by atoms with Gasteiger partial charge in [-0.1, -0.05) is 0 Å². The van der Waals surface area contributed by atoms with Gasteiger partial charge in [0.2, 0.25) is 5.88 Å². The van der Waals surface area contributed by atoms with E-state index in [4.69, 9.17) is 9.47 Å². The Labute approximate surface area is 196 Å². The highest BCUT2D eigenvalue weighted by molar-refractivity contribution is 5.93. The Hall–Kier alpha value is -2.93. The molecule has 1 saturated heterocycles. The molecule has 0 unspecified atom stereocenters. The van der Waals surface area contributed by atoms with Crippen LogP contribution in [0, 0.1) is 0 Å². The summed E-state index contributed by atoms with van der Waals surface area (Å²) in [6.45, 7) is 11.6. The van der Waals surface area contributed by atoms with Gasteiger partial charge in [-0.2, -0.15) is 0 Å². The summed E-state index contributed by atoms with van der Waals surface area (Å²) < 4.78 is 11.4. The van der Waals surface area contributed by atoms with Crippen molar-refractivity contribution in [3.05, 3.63) is 36.5 Å². The second kappa shape index (κ2) is 8.78. The Morgan fingerprint density at radius 3 is 2.39 bits per heavy atom. The minimum absolute atomic E-state index is 0.0683. The lowest BCUT2D eigenvalue weighted by Gasteiger charge is -2.49. The standard InChI is InChI=1S/C26H35N5O2/c1-8-33-24-19-14-20(22(32-7)13-17(19)11-12-27-24)21-9-10-23(29-28-21)31(6)18-15-25(2,3)30-26(4,5)16-18/h9-14,18,30H,8,15-16H2,1-7H3. The largest absolute Gasteiger partial charge is 0.496 e. The van der Waals surface area contributed by atoms with Crippen LogP contribution in [-0.2, 0) is 0 Å². The first-order valence-corrected chi connectivity index (χ1v) is 11.6. The molecule has 0 bridgehead atoms. The molecule has 0 saturated carbocycles. The van der Waals surface area contributed by atoms with E-state index in [1.807, 2.05) is 37.3 Å². The molecule has 4 rings (SSSR count). The molecule has 0 radical (unpaired) electrons. The summed E-state index contributed by atoms with van der Waals surface area (Å²) >= 11 is 0. The third-order valence-corrected chi connectivity index (χ3v) is 6.33. The van der Waals surface area contributed by atoms with Gasteiger partial charge in [-0.05, 0) is 83.2 Å². The normalized spacial score (nSPS) is 17.7. The number of nitrogens with one attached hydrogen (secondary N) is 1. The number of rotatable bonds is 6. The molecule has 0 aliphatic carbocycles. The molecule has 176 valence electrons. The molecule has 0 spiro atoms. The summed E-state index contributed by atoms with van der Waals surface area (Å²) in [5, 5.41) is 14.9. The highest BCUT2D eigenvalue weighted by Gasteiger charge is 2.39. The lowest BCUT2D eigenvalue weighted by atomic mass is 9.79. The van der Waals surface area contributed by atoms with Crippen molar-refractivity contribution in [1.82, 2.24) is 20.5 Å². The maximum atomic E-state index is 5.74. The van der Waals surface area contributed by atoms with Crippen molar-refractivity contribution in [2.45, 2.75) is 64.6 Å². The first-order valence-electron chi connectivity index (χ1n) is 11.6. The molecule has 33 heavy (non-hydrogen) atoms. The average molecular weight is 450 g/mol. The molecule has 1 aromatic carbocycles. The lowest BCUT2D eigenvalue weighted by molar-refractivity contribution is 0.160. The van der Waals surface area contributed by atoms with E-state index < -0.39 is 0 Å². The predicted molar refractivity (Wildman–Crippen MR) is 133 cm³/mol. The quantitative estimate of drug-likeness (QED) is 0.577. The Balaban J connectivity index is 1.66. The second-order valence-electron chi connectivity index (χ2n) is 10.2. The molecule has 7 nitrogen and oxygen atoms in total. The van der Waals surface area contributed by atoms with Gasteiger partial charge in [-0.3, -0.25) is 0 Å². The Bertz CT molecular complexity index is 1110. The predicted octanol–water partition coefficient (Wildman–Crippen LogP) is 4.84. The number of anilines is 1. The van der Waals surface area contributed by atoms with Gasteiger partial charge >= 0.3 is 0 Å². The summed E-state index contributed by atoms with van der Waals surface area (Å²) in [6.07, 6.45) is 3.84. The summed E-state index contributed by atoms with van der Waals surface area (Å²) in [6, 6.07) is 10.4. The summed E-state index contributed by atoms with van der Waals surface area (Å²) in [5.41, 5.74) is 1.76. The van der Waals surface area contributed by atoms with E-state index in [9.17, 15) is 0 Å². The molecule has 3 heterocycles. The summed E-state index contributed by atoms with van der Waals surface area (Å²) in [5.74, 6) is 2.22. The fraction of sp³-hybridized carbons (Fsp3) is 0.500. The fourth-order valence-corrected chi connectivity index (χ4v) is 5.18. The molecular weight excluding hydrogens is 414 g/mol. The van der Waals surface area contributed by atoms with Gasteiger partial charge in [0, 0.05) is 41.3 Å². The maximum Gasteiger partial charge on any atom is 0.221 e. The van der Waals surface area contributed by atoms with Crippen LogP contribution in [0.25, 0.3) is 22.0 Å². The number of ether oxygens (including phenoxy) is 2. The SMILES string of the molecule is CCOc1nccc2cc(OC)c(-c3ccc(N(C)C4CC(C)(C)NC(C)(C)C4)nn3)cc12. The smallest absolute Gasteiger partial charge is 0.221 e. The van der Waals surface area contributed by atoms with Crippen molar-refractivity contribution in [2.24, 2.45) is 0 Å². The lowest BCUT2D eigenvalue weighted by Crippen LogP contribution is -2.62. The van der Waals surface area contributed by atoms with E-state index in [-0.39, 0.29) is 11.1 Å². The Morgan fingerprint density at radius 2 is 1.79 bits per heavy atom. The number of nitrogens with zero attached hydrogens (tertiary/aromatic N) is 4. The molecule has 1 aliphatic rings. The Morgan fingerprint density at radius 1 is 1.06 bits per heavy atom. The molecule has 1 N–H and O–H groups in total. The third-order valence-electron chi connectivity index (χ3n) is 6.33. The number of piperidine rings is 1. The van der Waals surface area contributed by atoms with Gasteiger partial charge in [0.15, 0.2) is 5.82 Å². The number of fused-ring (bicyclic) bond motifs is 1. The van der Waals surface area contributed by atoms with E-state index >= 15 is 0 Å². The van der Waals surface area contributed by atoms with Crippen molar-refractivity contribution in [3.63, 3.8) is 0 Å². The molecule has 3 aromatic rings. The molecule has 2 aromatic heterocycles. The monoisotopic (exact) mass is 449 g/mol. The molecule has 0 amide bonds. The number of aromatic nitrogens is 3. The van der Waals surface area contributed by atoms with Crippen LogP contribution in [0.4, 0.5) is 5.82 Å². The number of benzene rings is 1. The van der Waals surface area contributed by atoms with Crippen LogP contribution in [0.3, 0.4) is 0 Å². The minimum Gasteiger partial charge on any atom is -0.496 e. The zero-order chi connectivity index (χ0) is 23.8. The van der Waals surface area contributed by atoms with Crippen molar-refractivity contribution in [2.75, 3.05) is 25.7 Å². The van der Waals surface area contributed by atoms with Gasteiger partial charge < -0.3 is 19.7 Å². The summed E-state index contributed by atoms with van der Waals surface area (Å²) in [7, 11) is 3.79. The van der Waals surface area contributed by atoms with Crippen molar-refractivity contribution < 1.29 is 9.47 Å². The molecule has 0 atom stereocenters. The Kier molecular flexibility index (Phi) is 6.18. The van der Waals surface area contributed by atoms with E-state index in [0.717, 1.165) is 46.4 Å². The zero-order valence-electron chi connectivity index (χ0n) is 20.8. The molecule has 7 heteroatoms. The topological polar surface area (TPSA) is 72.4 Å². The number of methoxy groups -OCH3 is 1. The highest BCUT2D eigenvalue weighted by Crippen LogP contribution is 2.37. The maximum absolute atomic E-state index is 5.74. The zero-order valence-corrected chi connectivity index (χ0v) is 20.8. The number of pyridine rings is 1. The van der Waals surface area contributed by atoms with Gasteiger partial charge in [-0.25, -0.2) is 4.98 Å². The first kappa shape index (κ1) is 23.2. The van der Waals surface area contributed by atoms with Crippen LogP contribution in [0.15, 0.2) is 36.5 Å². The molecule has 1 fully saturated rings. The van der Waals surface area contributed by atoms with Crippen LogP contribution < -0.4 is 19.7 Å². The molecular formula is C26H35N5O2. The summed E-state index contributed by atoms with van der Waals surface area (Å²) in [4.78, 5) is 6.65. The first-order chi connectivity index (χ1) is 15.6. The van der Waals surface area contributed by atoms with E-state index in [2.05, 4.69) is 60.1 Å². The minimum atomic E-state index is 0.0683. The van der Waals surface area contributed by atoms with Crippen LogP contribution in [0.1, 0.15) is 47.5 Å². The van der Waals surface area contributed by atoms with Crippen LogP contribution in [0.5, 0.6) is 11.6 Å². The third kappa shape index (κ3) is 4.88. The molecule has 1 aliphatic heterocycles. The van der Waals surface area contributed by atoms with E-state index in [1.165, 1.54) is 0 Å². The van der Waals surface area contributed by atoms with Crippen LogP contribution in [-0.4, -0.2) is 53.1 Å². The van der Waals surface area contributed by atoms with E-state index in [0.29, 0.717) is 18.5 Å². The number of hydrogen-bond donors (Lipinski definition) is 1. The van der Waals surface area contributed by atoms with Gasteiger partial charge in [0.05, 0.1) is 19.4 Å². The van der Waals surface area contributed by atoms with Gasteiger partial charge in [-0.15, -0.1) is 10.2 Å². The van der Waals surface area contributed by atoms with Crippen molar-refractivity contribution in [3.8, 4) is 22.9 Å². The van der Waals surface area contributed by atoms with Gasteiger partial charge in [0.1, 0.15) is 5.75 Å². The van der Waals surface area contributed by atoms with Crippen LogP contribution in [0.2, 0.25) is 0 Å². The highest BCUT2D eigenvalue weighted by atomic mass is 16.5. The second-order valence-corrected chi connectivity index (χ2v) is 10.2. The van der Waals surface area contributed by atoms with Crippen molar-refractivity contribution in [1.29, 1.82) is 0 Å². The number of hydrogen-bond acceptors (Lipinski definition) is 7.